The van der Waals surface area contributed by atoms with Crippen LogP contribution in [-0.4, -0.2) is 39.7 Å². The first-order valence-electron chi connectivity index (χ1n) is 9.01. The summed E-state index contributed by atoms with van der Waals surface area (Å²) < 4.78 is 9.97. The molecule has 0 amide bonds. The summed E-state index contributed by atoms with van der Waals surface area (Å²) in [5.41, 5.74) is 1.66. The molecule has 0 aliphatic heterocycles. The van der Waals surface area contributed by atoms with Crippen LogP contribution in [0.15, 0.2) is 33.9 Å². The van der Waals surface area contributed by atoms with Crippen LogP contribution in [0.4, 0.5) is 0 Å². The van der Waals surface area contributed by atoms with Crippen LogP contribution < -0.4 is 16.7 Å². The molecule has 1 aromatic carbocycles. The molecule has 2 heterocycles. The fraction of sp³-hybridized carbons (Fsp3) is 0.421. The van der Waals surface area contributed by atoms with E-state index in [0.717, 1.165) is 16.6 Å². The maximum Gasteiger partial charge on any atom is 0.332 e. The minimum absolute atomic E-state index is 0.356. The molecule has 3 rings (SSSR count). The van der Waals surface area contributed by atoms with E-state index in [2.05, 4.69) is 11.9 Å². The molecule has 0 bridgehead atoms. The molecule has 0 aliphatic rings. The Hall–Kier alpha value is -2.61. The van der Waals surface area contributed by atoms with Crippen molar-refractivity contribution in [1.82, 2.24) is 18.7 Å². The van der Waals surface area contributed by atoms with E-state index in [9.17, 15) is 9.59 Å². The van der Waals surface area contributed by atoms with Crippen LogP contribution in [0.3, 0.4) is 0 Å². The lowest BCUT2D eigenvalue weighted by molar-refractivity contribution is 0.136. The van der Waals surface area contributed by atoms with E-state index in [-0.39, 0.29) is 5.56 Å². The van der Waals surface area contributed by atoms with Crippen molar-refractivity contribution < 1.29 is 4.74 Å². The Labute approximate surface area is 158 Å². The first-order valence-corrected chi connectivity index (χ1v) is 9.01. The smallest absolute Gasteiger partial charge is 0.332 e. The molecule has 140 valence electrons. The van der Waals surface area contributed by atoms with Crippen molar-refractivity contribution in [3.8, 4) is 0 Å². The fourth-order valence-electron chi connectivity index (χ4n) is 3.14. The second-order valence-corrected chi connectivity index (χ2v) is 6.60. The molecule has 0 N–H and O–H groups in total. The summed E-state index contributed by atoms with van der Waals surface area (Å²) in [7, 11) is 9.00. The minimum Gasteiger partial charge on any atom is -0.381 e. The van der Waals surface area contributed by atoms with Gasteiger partial charge in [-0.05, 0) is 12.0 Å². The Bertz CT molecular complexity index is 1080. The van der Waals surface area contributed by atoms with E-state index in [4.69, 9.17) is 12.6 Å². The summed E-state index contributed by atoms with van der Waals surface area (Å²) in [6.07, 6.45) is 1.49. The maximum absolute atomic E-state index is 12.8. The third kappa shape index (κ3) is 3.76. The number of ether oxygens (including phenoxy) is 1. The maximum atomic E-state index is 12.8. The topological polar surface area (TPSA) is 71.1 Å². The first-order chi connectivity index (χ1) is 12.9. The zero-order valence-electron chi connectivity index (χ0n) is 15.9. The Balaban J connectivity index is 2.14. The summed E-state index contributed by atoms with van der Waals surface area (Å²) in [5, 5.41) is 0. The summed E-state index contributed by atoms with van der Waals surface area (Å²) in [6, 6.07) is 7.51. The molecule has 0 fully saturated rings. The zero-order valence-corrected chi connectivity index (χ0v) is 15.9. The van der Waals surface area contributed by atoms with Crippen molar-refractivity contribution in [2.45, 2.75) is 26.3 Å². The van der Waals surface area contributed by atoms with Gasteiger partial charge in [0, 0.05) is 33.7 Å². The van der Waals surface area contributed by atoms with Gasteiger partial charge < -0.3 is 9.30 Å². The van der Waals surface area contributed by atoms with Gasteiger partial charge >= 0.3 is 5.69 Å². The lowest BCUT2D eigenvalue weighted by Crippen LogP contribution is -2.37. The number of aromatic nitrogens is 4. The highest BCUT2D eigenvalue weighted by Crippen LogP contribution is 2.14. The number of fused-ring (bicyclic) bond motifs is 1. The number of aryl methyl sites for hydroxylation is 1. The third-order valence-corrected chi connectivity index (χ3v) is 4.54. The normalized spacial score (nSPS) is 11.4. The number of hydrogen-bond acceptors (Lipinski definition) is 4. The minimum atomic E-state index is -0.394. The van der Waals surface area contributed by atoms with E-state index in [1.54, 1.807) is 7.05 Å². The SMILES string of the molecule is [B]c1cccc(Cn2c(CCOCCC)nc3c2c(=O)n(C)c(=O)n3C)c1. The van der Waals surface area contributed by atoms with Gasteiger partial charge in [0.1, 0.15) is 13.7 Å². The number of imidazole rings is 1. The predicted molar refractivity (Wildman–Crippen MR) is 106 cm³/mol. The molecular formula is C19H23BN4O3. The number of hydrogen-bond donors (Lipinski definition) is 0. The Morgan fingerprint density at radius 1 is 1.15 bits per heavy atom. The summed E-state index contributed by atoms with van der Waals surface area (Å²) in [5.74, 6) is 0.710. The Morgan fingerprint density at radius 3 is 2.63 bits per heavy atom. The van der Waals surface area contributed by atoms with Gasteiger partial charge in [0.2, 0.25) is 0 Å². The van der Waals surface area contributed by atoms with Crippen LogP contribution in [0.25, 0.3) is 11.2 Å². The molecule has 0 atom stereocenters. The van der Waals surface area contributed by atoms with Crippen molar-refractivity contribution in [3.05, 3.63) is 56.5 Å². The van der Waals surface area contributed by atoms with Gasteiger partial charge in [-0.15, -0.1) is 0 Å². The van der Waals surface area contributed by atoms with Crippen molar-refractivity contribution in [2.24, 2.45) is 14.1 Å². The molecule has 3 aromatic rings. The van der Waals surface area contributed by atoms with Gasteiger partial charge in [-0.25, -0.2) is 9.78 Å². The average Bonchev–Trinajstić information content (AvgIpc) is 3.00. The van der Waals surface area contributed by atoms with E-state index >= 15 is 0 Å². The van der Waals surface area contributed by atoms with Gasteiger partial charge in [0.05, 0.1) is 6.61 Å². The first kappa shape index (κ1) is 19.2. The second kappa shape index (κ2) is 7.96. The van der Waals surface area contributed by atoms with Crippen LogP contribution in [0.1, 0.15) is 24.7 Å². The van der Waals surface area contributed by atoms with Gasteiger partial charge in [-0.2, -0.15) is 0 Å². The fourth-order valence-corrected chi connectivity index (χ4v) is 3.14. The van der Waals surface area contributed by atoms with Crippen molar-refractivity contribution >= 4 is 24.5 Å². The van der Waals surface area contributed by atoms with E-state index in [1.807, 2.05) is 28.8 Å². The van der Waals surface area contributed by atoms with E-state index in [0.29, 0.717) is 48.6 Å². The predicted octanol–water partition coefficient (Wildman–Crippen LogP) is 0.245. The lowest BCUT2D eigenvalue weighted by atomic mass is 9.94. The Morgan fingerprint density at radius 2 is 1.93 bits per heavy atom. The highest BCUT2D eigenvalue weighted by molar-refractivity contribution is 6.32. The van der Waals surface area contributed by atoms with E-state index in [1.165, 1.54) is 11.6 Å². The van der Waals surface area contributed by atoms with Crippen LogP contribution in [-0.2, 0) is 31.8 Å². The standard InChI is InChI=1S/C19H23BN4O3/c1-4-9-27-10-8-15-21-17-16(18(25)23(3)19(26)22(17)2)24(15)12-13-6-5-7-14(20)11-13/h5-7,11H,4,8-10,12H2,1-3H3. The molecule has 2 aromatic heterocycles. The van der Waals surface area contributed by atoms with Crippen LogP contribution in [0, 0.1) is 0 Å². The highest BCUT2D eigenvalue weighted by atomic mass is 16.5. The van der Waals surface area contributed by atoms with Gasteiger partial charge in [0.15, 0.2) is 11.2 Å². The lowest BCUT2D eigenvalue weighted by Gasteiger charge is -2.11. The molecule has 0 spiro atoms. The molecule has 27 heavy (non-hydrogen) atoms. The molecule has 2 radical (unpaired) electrons. The molecule has 0 saturated carbocycles. The average molecular weight is 366 g/mol. The zero-order chi connectivity index (χ0) is 19.6. The molecular weight excluding hydrogens is 343 g/mol. The molecule has 0 unspecified atom stereocenters. The Kier molecular flexibility index (Phi) is 5.65. The van der Waals surface area contributed by atoms with Crippen molar-refractivity contribution in [1.29, 1.82) is 0 Å². The molecule has 0 aliphatic carbocycles. The van der Waals surface area contributed by atoms with Gasteiger partial charge in [0.25, 0.3) is 5.56 Å². The van der Waals surface area contributed by atoms with Crippen molar-refractivity contribution in [2.75, 3.05) is 13.2 Å². The molecule has 0 saturated heterocycles. The quantitative estimate of drug-likeness (QED) is 0.444. The third-order valence-electron chi connectivity index (χ3n) is 4.54. The number of benzene rings is 1. The highest BCUT2D eigenvalue weighted by Gasteiger charge is 2.19. The molecule has 7 nitrogen and oxygen atoms in total. The second-order valence-electron chi connectivity index (χ2n) is 6.60. The van der Waals surface area contributed by atoms with Crippen LogP contribution in [0.2, 0.25) is 0 Å². The summed E-state index contributed by atoms with van der Waals surface area (Å²) >= 11 is 0. The molecule has 8 heteroatoms. The summed E-state index contributed by atoms with van der Waals surface area (Å²) in [4.78, 5) is 29.7. The largest absolute Gasteiger partial charge is 0.381 e. The van der Waals surface area contributed by atoms with E-state index < -0.39 is 5.69 Å². The monoisotopic (exact) mass is 366 g/mol. The number of rotatable bonds is 7. The van der Waals surface area contributed by atoms with Crippen LogP contribution in [0.5, 0.6) is 0 Å². The van der Waals surface area contributed by atoms with Gasteiger partial charge in [-0.1, -0.05) is 36.7 Å². The summed E-state index contributed by atoms with van der Waals surface area (Å²) in [6.45, 7) is 3.67. The van der Waals surface area contributed by atoms with Crippen LogP contribution >= 0.6 is 0 Å². The van der Waals surface area contributed by atoms with Gasteiger partial charge in [-0.3, -0.25) is 13.9 Å². The van der Waals surface area contributed by atoms with Crippen molar-refractivity contribution in [3.63, 3.8) is 0 Å². The number of nitrogens with zero attached hydrogens (tertiary/aromatic N) is 4.